The van der Waals surface area contributed by atoms with E-state index >= 15 is 0 Å². The summed E-state index contributed by atoms with van der Waals surface area (Å²) in [6.45, 7) is 8.02. The minimum Gasteiger partial charge on any atom is -0.355 e. The van der Waals surface area contributed by atoms with Gasteiger partial charge in [-0.25, -0.2) is 0 Å². The van der Waals surface area contributed by atoms with Crippen molar-refractivity contribution in [2.75, 3.05) is 20.1 Å². The number of guanidine groups is 1. The summed E-state index contributed by atoms with van der Waals surface area (Å²) in [6.07, 6.45) is 8.12. The third-order valence-corrected chi connectivity index (χ3v) is 4.48. The number of hydrogen-bond acceptors (Lipinski definition) is 2. The van der Waals surface area contributed by atoms with Gasteiger partial charge in [0, 0.05) is 32.1 Å². The molecule has 0 spiro atoms. The van der Waals surface area contributed by atoms with Crippen molar-refractivity contribution in [3.8, 4) is 0 Å². The summed E-state index contributed by atoms with van der Waals surface area (Å²) in [6, 6.07) is 0.403. The number of carbonyl (C=O) groups is 1. The van der Waals surface area contributed by atoms with Crippen LogP contribution in [-0.2, 0) is 4.79 Å². The van der Waals surface area contributed by atoms with Crippen molar-refractivity contribution in [2.24, 2.45) is 16.8 Å². The van der Waals surface area contributed by atoms with Crippen molar-refractivity contribution in [1.82, 2.24) is 16.0 Å². The topological polar surface area (TPSA) is 65.5 Å². The molecule has 0 bridgehead atoms. The van der Waals surface area contributed by atoms with Crippen LogP contribution in [-0.4, -0.2) is 38.0 Å². The highest BCUT2D eigenvalue weighted by Crippen LogP contribution is 2.23. The zero-order valence-electron chi connectivity index (χ0n) is 15.5. The van der Waals surface area contributed by atoms with Crippen LogP contribution in [0.4, 0.5) is 0 Å². The molecule has 0 saturated heterocycles. The van der Waals surface area contributed by atoms with Crippen molar-refractivity contribution in [1.29, 1.82) is 0 Å². The standard InChI is InChI=1S/C18H36N4O/c1-14(2)10-11-15(3)22-18(19-4)21-13-12-20-17(23)16-8-6-5-7-9-16/h14-16H,5-13H2,1-4H3,(H,20,23)(H2,19,21,22). The van der Waals surface area contributed by atoms with Crippen molar-refractivity contribution in [2.45, 2.75) is 71.8 Å². The Labute approximate surface area is 142 Å². The molecule has 0 aromatic heterocycles. The maximum Gasteiger partial charge on any atom is 0.223 e. The minimum atomic E-state index is 0.222. The number of nitrogens with zero attached hydrogens (tertiary/aromatic N) is 1. The Morgan fingerprint density at radius 1 is 1.04 bits per heavy atom. The molecule has 3 N–H and O–H groups in total. The summed E-state index contributed by atoms with van der Waals surface area (Å²) in [5.74, 6) is 1.99. The van der Waals surface area contributed by atoms with E-state index in [4.69, 9.17) is 0 Å². The van der Waals surface area contributed by atoms with Crippen molar-refractivity contribution >= 4 is 11.9 Å². The Morgan fingerprint density at radius 2 is 1.70 bits per heavy atom. The van der Waals surface area contributed by atoms with Gasteiger partial charge in [-0.3, -0.25) is 9.79 Å². The van der Waals surface area contributed by atoms with Crippen LogP contribution < -0.4 is 16.0 Å². The first-order valence-electron chi connectivity index (χ1n) is 9.27. The van der Waals surface area contributed by atoms with Crippen LogP contribution >= 0.6 is 0 Å². The molecule has 1 saturated carbocycles. The normalized spacial score (nSPS) is 17.9. The Hall–Kier alpha value is -1.26. The zero-order valence-corrected chi connectivity index (χ0v) is 15.5. The molecular weight excluding hydrogens is 288 g/mol. The lowest BCUT2D eigenvalue weighted by Crippen LogP contribution is -2.45. The lowest BCUT2D eigenvalue weighted by molar-refractivity contribution is -0.125. The third kappa shape index (κ3) is 8.82. The van der Waals surface area contributed by atoms with Gasteiger partial charge in [0.15, 0.2) is 5.96 Å². The highest BCUT2D eigenvalue weighted by atomic mass is 16.1. The van der Waals surface area contributed by atoms with Gasteiger partial charge in [0.1, 0.15) is 0 Å². The summed E-state index contributed by atoms with van der Waals surface area (Å²) in [5.41, 5.74) is 0. The highest BCUT2D eigenvalue weighted by molar-refractivity contribution is 5.80. The number of nitrogens with one attached hydrogen (secondary N) is 3. The van der Waals surface area contributed by atoms with E-state index in [1.165, 1.54) is 25.7 Å². The van der Waals surface area contributed by atoms with Gasteiger partial charge in [-0.05, 0) is 38.5 Å². The summed E-state index contributed by atoms with van der Waals surface area (Å²) >= 11 is 0. The van der Waals surface area contributed by atoms with E-state index in [0.717, 1.165) is 31.1 Å². The van der Waals surface area contributed by atoms with E-state index in [2.05, 4.69) is 41.7 Å². The molecule has 0 aromatic carbocycles. The highest BCUT2D eigenvalue weighted by Gasteiger charge is 2.20. The maximum atomic E-state index is 12.1. The molecular formula is C18H36N4O. The average Bonchev–Trinajstić information content (AvgIpc) is 2.56. The molecule has 1 unspecified atom stereocenters. The average molecular weight is 325 g/mol. The van der Waals surface area contributed by atoms with Crippen LogP contribution in [0, 0.1) is 11.8 Å². The van der Waals surface area contributed by atoms with Crippen LogP contribution in [0.15, 0.2) is 4.99 Å². The number of rotatable bonds is 8. The number of carbonyl (C=O) groups excluding carboxylic acids is 1. The second kappa shape index (κ2) is 11.3. The van der Waals surface area contributed by atoms with E-state index in [-0.39, 0.29) is 11.8 Å². The number of aliphatic imine (C=N–C) groups is 1. The zero-order chi connectivity index (χ0) is 17.1. The Morgan fingerprint density at radius 3 is 2.30 bits per heavy atom. The predicted octanol–water partition coefficient (Wildman–Crippen LogP) is 2.67. The summed E-state index contributed by atoms with van der Waals surface area (Å²) in [4.78, 5) is 16.3. The fraction of sp³-hybridized carbons (Fsp3) is 0.889. The molecule has 1 aliphatic carbocycles. The van der Waals surface area contributed by atoms with Crippen LogP contribution in [0.1, 0.15) is 65.7 Å². The largest absolute Gasteiger partial charge is 0.355 e. The molecule has 1 rings (SSSR count). The van der Waals surface area contributed by atoms with Gasteiger partial charge in [-0.15, -0.1) is 0 Å². The van der Waals surface area contributed by atoms with E-state index in [1.807, 2.05) is 0 Å². The second-order valence-corrected chi connectivity index (χ2v) is 7.14. The maximum absolute atomic E-state index is 12.1. The fourth-order valence-corrected chi connectivity index (χ4v) is 2.96. The molecule has 0 aromatic rings. The first-order chi connectivity index (χ1) is 11.0. The number of hydrogen-bond donors (Lipinski definition) is 3. The lowest BCUT2D eigenvalue weighted by Gasteiger charge is -2.21. The molecule has 0 aliphatic heterocycles. The molecule has 1 fully saturated rings. The molecule has 23 heavy (non-hydrogen) atoms. The van der Waals surface area contributed by atoms with Gasteiger partial charge >= 0.3 is 0 Å². The minimum absolute atomic E-state index is 0.222. The number of amides is 1. The van der Waals surface area contributed by atoms with Crippen LogP contribution in [0.5, 0.6) is 0 Å². The quantitative estimate of drug-likeness (QED) is 0.365. The van der Waals surface area contributed by atoms with E-state index in [9.17, 15) is 4.79 Å². The predicted molar refractivity (Wildman–Crippen MR) is 97.6 cm³/mol. The third-order valence-electron chi connectivity index (χ3n) is 4.48. The molecule has 134 valence electrons. The van der Waals surface area contributed by atoms with Crippen LogP contribution in [0.25, 0.3) is 0 Å². The SMILES string of the molecule is CN=C(NCCNC(=O)C1CCCCC1)NC(C)CCC(C)C. The van der Waals surface area contributed by atoms with Crippen molar-refractivity contribution < 1.29 is 4.79 Å². The summed E-state index contributed by atoms with van der Waals surface area (Å²) in [7, 11) is 1.78. The van der Waals surface area contributed by atoms with Gasteiger partial charge in [0.25, 0.3) is 0 Å². The fourth-order valence-electron chi connectivity index (χ4n) is 2.96. The molecule has 5 nitrogen and oxygen atoms in total. The summed E-state index contributed by atoms with van der Waals surface area (Å²) in [5, 5.41) is 9.71. The Balaban J connectivity index is 2.15. The Bertz CT molecular complexity index is 362. The molecule has 0 radical (unpaired) electrons. The van der Waals surface area contributed by atoms with E-state index in [0.29, 0.717) is 19.1 Å². The van der Waals surface area contributed by atoms with Crippen molar-refractivity contribution in [3.63, 3.8) is 0 Å². The summed E-state index contributed by atoms with van der Waals surface area (Å²) < 4.78 is 0. The molecule has 5 heteroatoms. The van der Waals surface area contributed by atoms with Gasteiger partial charge in [-0.1, -0.05) is 33.1 Å². The monoisotopic (exact) mass is 324 g/mol. The van der Waals surface area contributed by atoms with Gasteiger partial charge in [0.2, 0.25) is 5.91 Å². The van der Waals surface area contributed by atoms with Gasteiger partial charge in [0.05, 0.1) is 0 Å². The second-order valence-electron chi connectivity index (χ2n) is 7.14. The first-order valence-corrected chi connectivity index (χ1v) is 9.27. The molecule has 0 heterocycles. The van der Waals surface area contributed by atoms with E-state index in [1.54, 1.807) is 7.05 Å². The smallest absolute Gasteiger partial charge is 0.223 e. The van der Waals surface area contributed by atoms with Gasteiger partial charge in [-0.2, -0.15) is 0 Å². The molecule has 1 amide bonds. The molecule has 1 aliphatic rings. The first kappa shape index (κ1) is 19.8. The Kier molecular flexibility index (Phi) is 9.72. The van der Waals surface area contributed by atoms with Crippen LogP contribution in [0.2, 0.25) is 0 Å². The van der Waals surface area contributed by atoms with Crippen LogP contribution in [0.3, 0.4) is 0 Å². The van der Waals surface area contributed by atoms with Crippen molar-refractivity contribution in [3.05, 3.63) is 0 Å². The van der Waals surface area contributed by atoms with Gasteiger partial charge < -0.3 is 16.0 Å². The van der Waals surface area contributed by atoms with E-state index < -0.39 is 0 Å². The lowest BCUT2D eigenvalue weighted by atomic mass is 9.89. The molecule has 1 atom stereocenters.